The van der Waals surface area contributed by atoms with Crippen molar-refractivity contribution in [2.45, 2.75) is 31.2 Å². The molecule has 23 heavy (non-hydrogen) atoms. The summed E-state index contributed by atoms with van der Waals surface area (Å²) >= 11 is 0. The number of hydrogen-bond acceptors (Lipinski definition) is 3. The van der Waals surface area contributed by atoms with E-state index in [1.165, 1.54) is 16.7 Å². The number of allylic oxidation sites excluding steroid dienone is 3. The molecule has 1 saturated heterocycles. The van der Waals surface area contributed by atoms with Crippen LogP contribution >= 0.6 is 0 Å². The molecule has 1 aromatic carbocycles. The number of carbonyl (C=O) groups is 1. The van der Waals surface area contributed by atoms with Gasteiger partial charge in [0, 0.05) is 43.5 Å². The summed E-state index contributed by atoms with van der Waals surface area (Å²) in [5, 5.41) is 2.19. The number of carbonyl (C=O) groups excluding carboxylic acids is 1. The Morgan fingerprint density at radius 2 is 2.09 bits per heavy atom. The number of nitrogens with one attached hydrogen (secondary N) is 1. The monoisotopic (exact) mass is 306 g/mol. The molecule has 1 fully saturated rings. The lowest BCUT2D eigenvalue weighted by atomic mass is 9.65. The van der Waals surface area contributed by atoms with Crippen LogP contribution in [0, 0.1) is 11.8 Å². The molecule has 0 spiro atoms. The van der Waals surface area contributed by atoms with Gasteiger partial charge in [0.1, 0.15) is 0 Å². The second-order valence-corrected chi connectivity index (χ2v) is 7.48. The fourth-order valence-electron chi connectivity index (χ4n) is 5.35. The molecule has 118 valence electrons. The predicted molar refractivity (Wildman–Crippen MR) is 89.8 cm³/mol. The highest BCUT2D eigenvalue weighted by molar-refractivity contribution is 6.00. The molecule has 4 unspecified atom stereocenters. The standard InChI is InChI=1S/C20H22N2O/c1-22-11-16-14-7-3-2-5-12(14)9-13-6-4-8-15-18(23)10-17(21-22)20(16)19(13)15/h2-5,7-8,13,16-17,20-21H,6,9-11H2,1H3. The zero-order valence-corrected chi connectivity index (χ0v) is 13.5. The maximum Gasteiger partial charge on any atom is 0.164 e. The first kappa shape index (κ1) is 13.7. The third-order valence-electron chi connectivity index (χ3n) is 6.17. The number of ketones is 1. The zero-order valence-electron chi connectivity index (χ0n) is 13.5. The molecule has 0 aromatic heterocycles. The van der Waals surface area contributed by atoms with Crippen LogP contribution in [0.5, 0.6) is 0 Å². The van der Waals surface area contributed by atoms with Gasteiger partial charge in [-0.05, 0) is 29.9 Å². The van der Waals surface area contributed by atoms with Crippen molar-refractivity contribution in [3.05, 3.63) is 58.7 Å². The fraction of sp³-hybridized carbons (Fsp3) is 0.450. The van der Waals surface area contributed by atoms with E-state index < -0.39 is 0 Å². The smallest absolute Gasteiger partial charge is 0.164 e. The Labute approximate surface area is 137 Å². The maximum atomic E-state index is 12.7. The number of fused-ring (bicyclic) bond motifs is 2. The van der Waals surface area contributed by atoms with Crippen LogP contribution < -0.4 is 5.43 Å². The minimum Gasteiger partial charge on any atom is -0.294 e. The van der Waals surface area contributed by atoms with Crippen LogP contribution in [-0.2, 0) is 11.2 Å². The van der Waals surface area contributed by atoms with Gasteiger partial charge >= 0.3 is 0 Å². The topological polar surface area (TPSA) is 32.3 Å². The summed E-state index contributed by atoms with van der Waals surface area (Å²) in [6, 6.07) is 9.20. The molecule has 3 aliphatic carbocycles. The quantitative estimate of drug-likeness (QED) is 0.800. The molecule has 0 radical (unpaired) electrons. The van der Waals surface area contributed by atoms with Crippen molar-refractivity contribution in [2.24, 2.45) is 11.8 Å². The third kappa shape index (κ3) is 1.93. The zero-order chi connectivity index (χ0) is 15.6. The van der Waals surface area contributed by atoms with Crippen molar-refractivity contribution < 1.29 is 4.79 Å². The highest BCUT2D eigenvalue weighted by Crippen LogP contribution is 2.50. The van der Waals surface area contributed by atoms with E-state index in [9.17, 15) is 4.79 Å². The molecular formula is C20H22N2O. The van der Waals surface area contributed by atoms with E-state index in [2.05, 4.69) is 53.9 Å². The molecule has 5 rings (SSSR count). The normalized spacial score (nSPS) is 35.6. The largest absolute Gasteiger partial charge is 0.294 e. The first-order chi connectivity index (χ1) is 11.2. The molecule has 4 aliphatic rings. The van der Waals surface area contributed by atoms with Crippen molar-refractivity contribution in [1.29, 1.82) is 0 Å². The molecule has 1 heterocycles. The van der Waals surface area contributed by atoms with E-state index in [0.29, 0.717) is 30.0 Å². The predicted octanol–water partition coefficient (Wildman–Crippen LogP) is 2.61. The third-order valence-corrected chi connectivity index (χ3v) is 6.17. The van der Waals surface area contributed by atoms with Gasteiger partial charge < -0.3 is 0 Å². The van der Waals surface area contributed by atoms with Gasteiger partial charge in [0.2, 0.25) is 0 Å². The number of rotatable bonds is 0. The van der Waals surface area contributed by atoms with Gasteiger partial charge in [-0.15, -0.1) is 0 Å². The molecule has 1 aromatic rings. The number of benzene rings is 1. The summed E-state index contributed by atoms with van der Waals surface area (Å²) in [5.74, 6) is 1.80. The van der Waals surface area contributed by atoms with Gasteiger partial charge in [0.25, 0.3) is 0 Å². The van der Waals surface area contributed by atoms with E-state index in [4.69, 9.17) is 0 Å². The van der Waals surface area contributed by atoms with Crippen LogP contribution in [0.25, 0.3) is 0 Å². The van der Waals surface area contributed by atoms with Gasteiger partial charge in [0.05, 0.1) is 0 Å². The van der Waals surface area contributed by atoms with Crippen molar-refractivity contribution in [1.82, 2.24) is 10.4 Å². The average molecular weight is 306 g/mol. The van der Waals surface area contributed by atoms with Crippen LogP contribution in [0.1, 0.15) is 29.9 Å². The molecule has 0 saturated carbocycles. The number of hydrogen-bond donors (Lipinski definition) is 1. The lowest BCUT2D eigenvalue weighted by Gasteiger charge is -2.48. The lowest BCUT2D eigenvalue weighted by molar-refractivity contribution is -0.117. The first-order valence-electron chi connectivity index (χ1n) is 8.71. The fourth-order valence-corrected chi connectivity index (χ4v) is 5.35. The molecule has 1 N–H and O–H groups in total. The van der Waals surface area contributed by atoms with Crippen molar-refractivity contribution in [3.8, 4) is 0 Å². The maximum absolute atomic E-state index is 12.7. The van der Waals surface area contributed by atoms with E-state index >= 15 is 0 Å². The minimum atomic E-state index is 0.255. The van der Waals surface area contributed by atoms with Crippen LogP contribution in [0.2, 0.25) is 0 Å². The van der Waals surface area contributed by atoms with Gasteiger partial charge in [-0.1, -0.05) is 42.0 Å². The van der Waals surface area contributed by atoms with Gasteiger partial charge in [0.15, 0.2) is 5.78 Å². The number of hydrazine groups is 1. The molecule has 1 aliphatic heterocycles. The van der Waals surface area contributed by atoms with E-state index in [0.717, 1.165) is 25.0 Å². The summed E-state index contributed by atoms with van der Waals surface area (Å²) < 4.78 is 0. The van der Waals surface area contributed by atoms with Crippen LogP contribution in [0.3, 0.4) is 0 Å². The van der Waals surface area contributed by atoms with E-state index in [1.54, 1.807) is 0 Å². The molecule has 4 atom stereocenters. The molecule has 3 heteroatoms. The lowest BCUT2D eigenvalue weighted by Crippen LogP contribution is -2.58. The SMILES string of the molecule is CN1CC2c3ccccc3CC3CC=CC4=C3C2C(CC4=O)N1. The van der Waals surface area contributed by atoms with Crippen molar-refractivity contribution in [3.63, 3.8) is 0 Å². The van der Waals surface area contributed by atoms with Crippen molar-refractivity contribution >= 4 is 5.78 Å². The van der Waals surface area contributed by atoms with Crippen LogP contribution in [0.15, 0.2) is 47.6 Å². The number of Topliss-reactive ketones (excluding diaryl/α,β-unsaturated/α-hetero) is 1. The van der Waals surface area contributed by atoms with Gasteiger partial charge in [-0.3, -0.25) is 10.2 Å². The van der Waals surface area contributed by atoms with Gasteiger partial charge in [-0.2, -0.15) is 0 Å². The summed E-state index contributed by atoms with van der Waals surface area (Å²) in [6.45, 7) is 1.01. The summed E-state index contributed by atoms with van der Waals surface area (Å²) in [7, 11) is 2.11. The second kappa shape index (κ2) is 4.89. The summed E-state index contributed by atoms with van der Waals surface area (Å²) in [5.41, 5.74) is 9.06. The van der Waals surface area contributed by atoms with E-state index in [-0.39, 0.29) is 6.04 Å². The molecular weight excluding hydrogens is 284 g/mol. The highest BCUT2D eigenvalue weighted by atomic mass is 16.1. The number of likely N-dealkylation sites (N-methyl/N-ethyl adjacent to an activating group) is 1. The second-order valence-electron chi connectivity index (χ2n) is 7.48. The Bertz CT molecular complexity index is 748. The molecule has 0 bridgehead atoms. The Kier molecular flexibility index (Phi) is 2.91. The number of nitrogens with zero attached hydrogens (tertiary/aromatic N) is 1. The van der Waals surface area contributed by atoms with Crippen molar-refractivity contribution in [2.75, 3.05) is 13.6 Å². The Hall–Kier alpha value is -1.71. The first-order valence-corrected chi connectivity index (χ1v) is 8.71. The summed E-state index contributed by atoms with van der Waals surface area (Å²) in [6.07, 6.45) is 7.11. The van der Waals surface area contributed by atoms with Crippen LogP contribution in [0.4, 0.5) is 0 Å². The Morgan fingerprint density at radius 3 is 3.00 bits per heavy atom. The average Bonchev–Trinajstić information content (AvgIpc) is 2.68. The van der Waals surface area contributed by atoms with Gasteiger partial charge in [-0.25, -0.2) is 5.01 Å². The molecule has 3 nitrogen and oxygen atoms in total. The Balaban J connectivity index is 1.75. The Morgan fingerprint density at radius 1 is 1.22 bits per heavy atom. The minimum absolute atomic E-state index is 0.255. The van der Waals surface area contributed by atoms with E-state index in [1.807, 2.05) is 0 Å². The molecule has 0 amide bonds. The highest BCUT2D eigenvalue weighted by Gasteiger charge is 2.48. The summed E-state index contributed by atoms with van der Waals surface area (Å²) in [4.78, 5) is 12.7. The van der Waals surface area contributed by atoms with Crippen LogP contribution in [-0.4, -0.2) is 30.4 Å².